The summed E-state index contributed by atoms with van der Waals surface area (Å²) in [6, 6.07) is 10.6. The molecule has 0 aliphatic carbocycles. The summed E-state index contributed by atoms with van der Waals surface area (Å²) in [5.74, 6) is -0.547. The first-order chi connectivity index (χ1) is 15.6. The first-order valence-corrected chi connectivity index (χ1v) is 12.6. The maximum absolute atomic E-state index is 13.4. The molecular formula is C24H26N2O5S2. The van der Waals surface area contributed by atoms with Gasteiger partial charge in [0.05, 0.1) is 5.69 Å². The van der Waals surface area contributed by atoms with Crippen LogP contribution in [-0.2, 0) is 21.4 Å². The first kappa shape index (κ1) is 24.5. The second kappa shape index (κ2) is 10.2. The molecule has 7 nitrogen and oxygen atoms in total. The summed E-state index contributed by atoms with van der Waals surface area (Å²) in [7, 11) is -3.86. The number of aliphatic carboxylic acids is 1. The Morgan fingerprint density at radius 1 is 1.18 bits per heavy atom. The molecule has 0 amide bonds. The quantitative estimate of drug-likeness (QED) is 0.426. The fourth-order valence-corrected chi connectivity index (χ4v) is 5.80. The number of carbonyl (C=O) groups is 1. The van der Waals surface area contributed by atoms with Crippen LogP contribution in [0, 0.1) is 13.8 Å². The van der Waals surface area contributed by atoms with Gasteiger partial charge < -0.3 is 9.84 Å². The molecule has 0 saturated carbocycles. The van der Waals surface area contributed by atoms with Gasteiger partial charge in [0.15, 0.2) is 0 Å². The van der Waals surface area contributed by atoms with Gasteiger partial charge in [-0.15, -0.1) is 11.3 Å². The second-order valence-corrected chi connectivity index (χ2v) is 10.7. The second-order valence-electron chi connectivity index (χ2n) is 7.80. The van der Waals surface area contributed by atoms with Gasteiger partial charge in [-0.25, -0.2) is 9.78 Å². The number of hydrogen-bond donors (Lipinski definition) is 1. The van der Waals surface area contributed by atoms with Crippen LogP contribution in [0.5, 0.6) is 5.75 Å². The number of aromatic nitrogens is 1. The smallest absolute Gasteiger partial charge is 0.328 e. The summed E-state index contributed by atoms with van der Waals surface area (Å²) in [4.78, 5) is 14.7. The standard InChI is InChI=1S/C24H26N2O5S2/c1-16(2)26(33(29,30)24-25-11-12-32-24)21-13-17(3)18(4)14-22(21)31-15-20-7-5-19(6-8-20)9-10-23(27)28/h5-14,16H,15H2,1-4H3,(H,27,28)/b10-9+. The van der Waals surface area contributed by atoms with Crippen LogP contribution < -0.4 is 9.04 Å². The minimum atomic E-state index is -3.86. The predicted molar refractivity (Wildman–Crippen MR) is 130 cm³/mol. The molecule has 0 spiro atoms. The number of thiazole rings is 1. The summed E-state index contributed by atoms with van der Waals surface area (Å²) in [5, 5.41) is 10.4. The van der Waals surface area contributed by atoms with Gasteiger partial charge in [-0.1, -0.05) is 24.3 Å². The molecule has 0 saturated heterocycles. The van der Waals surface area contributed by atoms with Crippen molar-refractivity contribution >= 4 is 39.1 Å². The van der Waals surface area contributed by atoms with Crippen LogP contribution in [-0.4, -0.2) is 30.5 Å². The number of hydrogen-bond acceptors (Lipinski definition) is 6. The molecule has 0 aliphatic rings. The van der Waals surface area contributed by atoms with E-state index in [9.17, 15) is 13.2 Å². The Morgan fingerprint density at radius 2 is 1.85 bits per heavy atom. The van der Waals surface area contributed by atoms with Crippen LogP contribution in [0.25, 0.3) is 6.08 Å². The lowest BCUT2D eigenvalue weighted by atomic mass is 10.1. The molecule has 1 N–H and O–H groups in total. The van der Waals surface area contributed by atoms with E-state index in [-0.39, 0.29) is 17.0 Å². The Kier molecular flexibility index (Phi) is 7.55. The minimum absolute atomic E-state index is 0.0328. The van der Waals surface area contributed by atoms with Crippen LogP contribution in [0.15, 0.2) is 58.4 Å². The Hall–Kier alpha value is -3.17. The Labute approximate surface area is 198 Å². The zero-order chi connectivity index (χ0) is 24.2. The fourth-order valence-electron chi connectivity index (χ4n) is 3.22. The lowest BCUT2D eigenvalue weighted by Gasteiger charge is -2.29. The highest BCUT2D eigenvalue weighted by Crippen LogP contribution is 2.37. The van der Waals surface area contributed by atoms with E-state index in [2.05, 4.69) is 4.98 Å². The molecule has 1 aromatic heterocycles. The maximum atomic E-state index is 13.4. The first-order valence-electron chi connectivity index (χ1n) is 10.3. The zero-order valence-electron chi connectivity index (χ0n) is 18.8. The number of benzene rings is 2. The fraction of sp³-hybridized carbons (Fsp3) is 0.250. The number of rotatable bonds is 9. The van der Waals surface area contributed by atoms with Gasteiger partial charge in [0.1, 0.15) is 12.4 Å². The number of ether oxygens (including phenoxy) is 1. The molecule has 2 aromatic carbocycles. The average molecular weight is 487 g/mol. The molecular weight excluding hydrogens is 460 g/mol. The van der Waals surface area contributed by atoms with E-state index in [0.29, 0.717) is 11.4 Å². The molecule has 0 fully saturated rings. The molecule has 0 atom stereocenters. The SMILES string of the molecule is Cc1cc(OCc2ccc(/C=C/C(=O)O)cc2)c(N(C(C)C)S(=O)(=O)c2nccs2)cc1C. The molecule has 174 valence electrons. The number of carboxylic acid groups (broad SMARTS) is 1. The average Bonchev–Trinajstić information content (AvgIpc) is 3.30. The van der Waals surface area contributed by atoms with Crippen LogP contribution in [0.2, 0.25) is 0 Å². The molecule has 3 aromatic rings. The highest BCUT2D eigenvalue weighted by Gasteiger charge is 2.32. The van der Waals surface area contributed by atoms with Crippen molar-refractivity contribution in [1.29, 1.82) is 0 Å². The maximum Gasteiger partial charge on any atom is 0.328 e. The van der Waals surface area contributed by atoms with Gasteiger partial charge in [0.2, 0.25) is 4.34 Å². The minimum Gasteiger partial charge on any atom is -0.487 e. The van der Waals surface area contributed by atoms with E-state index >= 15 is 0 Å². The zero-order valence-corrected chi connectivity index (χ0v) is 20.5. The van der Waals surface area contributed by atoms with Gasteiger partial charge >= 0.3 is 5.97 Å². The van der Waals surface area contributed by atoms with Crippen LogP contribution in [0.1, 0.15) is 36.1 Å². The Morgan fingerprint density at radius 3 is 2.42 bits per heavy atom. The molecule has 0 bridgehead atoms. The molecule has 0 radical (unpaired) electrons. The van der Waals surface area contributed by atoms with Crippen molar-refractivity contribution in [3.05, 3.63) is 76.3 Å². The molecule has 0 unspecified atom stereocenters. The number of carboxylic acids is 1. The Balaban J connectivity index is 1.93. The highest BCUT2D eigenvalue weighted by atomic mass is 32.2. The van der Waals surface area contributed by atoms with Crippen LogP contribution >= 0.6 is 11.3 Å². The summed E-state index contributed by atoms with van der Waals surface area (Å²) in [5.41, 5.74) is 4.02. The summed E-state index contributed by atoms with van der Waals surface area (Å²) in [6.45, 7) is 7.73. The van der Waals surface area contributed by atoms with E-state index in [0.717, 1.165) is 39.7 Å². The number of nitrogens with zero attached hydrogens (tertiary/aromatic N) is 2. The van der Waals surface area contributed by atoms with Gasteiger partial charge in [-0.05, 0) is 68.2 Å². The summed E-state index contributed by atoms with van der Waals surface area (Å²) >= 11 is 1.08. The molecule has 3 rings (SSSR count). The van der Waals surface area contributed by atoms with Crippen molar-refractivity contribution in [1.82, 2.24) is 4.98 Å². The van der Waals surface area contributed by atoms with Crippen molar-refractivity contribution in [3.63, 3.8) is 0 Å². The molecule has 1 heterocycles. The van der Waals surface area contributed by atoms with Gasteiger partial charge in [-0.2, -0.15) is 8.42 Å². The molecule has 0 aliphatic heterocycles. The Bertz CT molecular complexity index is 1250. The third-order valence-electron chi connectivity index (χ3n) is 4.96. The lowest BCUT2D eigenvalue weighted by Crippen LogP contribution is -2.37. The number of anilines is 1. The molecule has 33 heavy (non-hydrogen) atoms. The monoisotopic (exact) mass is 486 g/mol. The van der Waals surface area contributed by atoms with Crippen molar-refractivity contribution in [2.75, 3.05) is 4.31 Å². The van der Waals surface area contributed by atoms with Gasteiger partial charge in [0.25, 0.3) is 10.0 Å². The van der Waals surface area contributed by atoms with E-state index in [4.69, 9.17) is 9.84 Å². The topological polar surface area (TPSA) is 96.8 Å². The third-order valence-corrected chi connectivity index (χ3v) is 8.13. The molecule has 9 heteroatoms. The number of sulfonamides is 1. The van der Waals surface area contributed by atoms with Crippen molar-refractivity contribution in [3.8, 4) is 5.75 Å². The summed E-state index contributed by atoms with van der Waals surface area (Å²) < 4.78 is 34.2. The lowest BCUT2D eigenvalue weighted by molar-refractivity contribution is -0.131. The normalized spacial score (nSPS) is 11.8. The third kappa shape index (κ3) is 5.80. The largest absolute Gasteiger partial charge is 0.487 e. The van der Waals surface area contributed by atoms with E-state index in [1.54, 1.807) is 17.5 Å². The van der Waals surface area contributed by atoms with E-state index in [1.165, 1.54) is 16.6 Å². The highest BCUT2D eigenvalue weighted by molar-refractivity contribution is 7.94. The van der Waals surface area contributed by atoms with Crippen molar-refractivity contribution in [2.45, 2.75) is 44.7 Å². The van der Waals surface area contributed by atoms with E-state index in [1.807, 2.05) is 52.0 Å². The van der Waals surface area contributed by atoms with Crippen LogP contribution in [0.4, 0.5) is 5.69 Å². The van der Waals surface area contributed by atoms with Crippen LogP contribution in [0.3, 0.4) is 0 Å². The van der Waals surface area contributed by atoms with Crippen molar-refractivity contribution in [2.24, 2.45) is 0 Å². The number of aryl methyl sites for hydroxylation is 2. The predicted octanol–water partition coefficient (Wildman–Crippen LogP) is 5.04. The van der Waals surface area contributed by atoms with Gasteiger partial charge in [-0.3, -0.25) is 4.31 Å². The van der Waals surface area contributed by atoms with Gasteiger partial charge in [0, 0.05) is 23.7 Å². The van der Waals surface area contributed by atoms with E-state index < -0.39 is 16.0 Å². The summed E-state index contributed by atoms with van der Waals surface area (Å²) in [6.07, 6.45) is 4.07. The van der Waals surface area contributed by atoms with Crippen molar-refractivity contribution < 1.29 is 23.1 Å².